The monoisotopic (exact) mass is 394 g/mol. The van der Waals surface area contributed by atoms with Gasteiger partial charge in [0.05, 0.1) is 19.4 Å². The summed E-state index contributed by atoms with van der Waals surface area (Å²) < 4.78 is 10.6. The second-order valence-corrected chi connectivity index (χ2v) is 6.88. The first kappa shape index (κ1) is 19.4. The van der Waals surface area contributed by atoms with E-state index in [0.717, 1.165) is 54.0 Å². The zero-order valence-corrected chi connectivity index (χ0v) is 16.6. The Labute approximate surface area is 169 Å². The second kappa shape index (κ2) is 9.49. The Bertz CT molecular complexity index is 965. The predicted octanol–water partition coefficient (Wildman–Crippen LogP) is 2.82. The summed E-state index contributed by atoms with van der Waals surface area (Å²) in [6, 6.07) is 10.1. The van der Waals surface area contributed by atoms with Crippen LogP contribution in [0.1, 0.15) is 17.8 Å². The molecule has 1 fully saturated rings. The van der Waals surface area contributed by atoms with E-state index in [2.05, 4.69) is 31.5 Å². The standard InChI is InChI=1S/C21H26N6O2/c1-28-10-4-7-19-24-20(13-21(25-19)27-8-11-29-12-9-27)26-23-15-16-14-22-18-6-3-2-5-17(16)18/h2-3,5-6,13-15,22H,4,7-12H2,1H3,(H,24,25,26)/b23-15-. The highest BCUT2D eigenvalue weighted by Crippen LogP contribution is 2.19. The second-order valence-electron chi connectivity index (χ2n) is 6.88. The van der Waals surface area contributed by atoms with Crippen molar-refractivity contribution in [2.45, 2.75) is 12.8 Å². The fraction of sp³-hybridized carbons (Fsp3) is 0.381. The largest absolute Gasteiger partial charge is 0.385 e. The highest BCUT2D eigenvalue weighted by Gasteiger charge is 2.15. The number of aromatic amines is 1. The molecule has 3 aromatic rings. The Kier molecular flexibility index (Phi) is 6.33. The van der Waals surface area contributed by atoms with Crippen LogP contribution < -0.4 is 10.3 Å². The molecular weight excluding hydrogens is 368 g/mol. The van der Waals surface area contributed by atoms with Gasteiger partial charge in [-0.1, -0.05) is 18.2 Å². The summed E-state index contributed by atoms with van der Waals surface area (Å²) in [5, 5.41) is 5.54. The van der Waals surface area contributed by atoms with Gasteiger partial charge in [-0.3, -0.25) is 5.43 Å². The van der Waals surface area contributed by atoms with Crippen LogP contribution in [-0.4, -0.2) is 61.2 Å². The van der Waals surface area contributed by atoms with Gasteiger partial charge in [-0.2, -0.15) is 5.10 Å². The van der Waals surface area contributed by atoms with Crippen molar-refractivity contribution in [3.63, 3.8) is 0 Å². The van der Waals surface area contributed by atoms with Crippen molar-refractivity contribution >= 4 is 28.8 Å². The summed E-state index contributed by atoms with van der Waals surface area (Å²) in [6.45, 7) is 3.76. The fourth-order valence-electron chi connectivity index (χ4n) is 3.35. The quantitative estimate of drug-likeness (QED) is 0.347. The summed E-state index contributed by atoms with van der Waals surface area (Å²) in [6.07, 6.45) is 5.39. The van der Waals surface area contributed by atoms with Gasteiger partial charge in [-0.25, -0.2) is 9.97 Å². The van der Waals surface area contributed by atoms with Crippen molar-refractivity contribution < 1.29 is 9.47 Å². The van der Waals surface area contributed by atoms with Crippen LogP contribution in [0.4, 0.5) is 11.6 Å². The number of anilines is 2. The summed E-state index contributed by atoms with van der Waals surface area (Å²) >= 11 is 0. The number of aromatic nitrogens is 3. The van der Waals surface area contributed by atoms with Crippen LogP contribution in [0.5, 0.6) is 0 Å². The fourth-order valence-corrected chi connectivity index (χ4v) is 3.35. The summed E-state index contributed by atoms with van der Waals surface area (Å²) in [5.41, 5.74) is 5.19. The van der Waals surface area contributed by atoms with Gasteiger partial charge < -0.3 is 19.4 Å². The number of methoxy groups -OCH3 is 1. The van der Waals surface area contributed by atoms with Gasteiger partial charge in [0, 0.05) is 62.0 Å². The molecule has 8 heteroatoms. The Hall–Kier alpha value is -2.97. The number of aryl methyl sites for hydroxylation is 1. The number of para-hydroxylation sites is 1. The minimum absolute atomic E-state index is 0.685. The third kappa shape index (κ3) is 4.90. The van der Waals surface area contributed by atoms with E-state index in [1.54, 1.807) is 13.3 Å². The normalized spacial score (nSPS) is 14.7. The smallest absolute Gasteiger partial charge is 0.152 e. The summed E-state index contributed by atoms with van der Waals surface area (Å²) in [7, 11) is 1.71. The molecule has 8 nitrogen and oxygen atoms in total. The first-order valence-electron chi connectivity index (χ1n) is 9.88. The number of benzene rings is 1. The lowest BCUT2D eigenvalue weighted by atomic mass is 10.2. The maximum Gasteiger partial charge on any atom is 0.152 e. The molecule has 0 atom stereocenters. The SMILES string of the molecule is COCCCc1nc(N/N=C\c2c[nH]c3ccccc23)cc(N2CCOCC2)n1. The third-order valence-corrected chi connectivity index (χ3v) is 4.85. The van der Waals surface area contributed by atoms with E-state index < -0.39 is 0 Å². The Morgan fingerprint density at radius 2 is 2.14 bits per heavy atom. The highest BCUT2D eigenvalue weighted by atomic mass is 16.5. The van der Waals surface area contributed by atoms with Gasteiger partial charge >= 0.3 is 0 Å². The van der Waals surface area contributed by atoms with Gasteiger partial charge in [-0.15, -0.1) is 0 Å². The number of morpholine rings is 1. The number of nitrogens with one attached hydrogen (secondary N) is 2. The minimum atomic E-state index is 0.685. The molecule has 1 saturated heterocycles. The average molecular weight is 394 g/mol. The molecule has 0 bridgehead atoms. The zero-order chi connectivity index (χ0) is 19.9. The molecule has 2 N–H and O–H groups in total. The van der Waals surface area contributed by atoms with E-state index >= 15 is 0 Å². The number of hydrogen-bond donors (Lipinski definition) is 2. The van der Waals surface area contributed by atoms with E-state index in [4.69, 9.17) is 14.5 Å². The molecule has 4 rings (SSSR count). The molecule has 0 radical (unpaired) electrons. The lowest BCUT2D eigenvalue weighted by Crippen LogP contribution is -2.37. The molecule has 0 aliphatic carbocycles. The van der Waals surface area contributed by atoms with Crippen LogP contribution >= 0.6 is 0 Å². The van der Waals surface area contributed by atoms with Crippen molar-refractivity contribution in [2.75, 3.05) is 50.3 Å². The molecule has 3 heterocycles. The van der Waals surface area contributed by atoms with Gasteiger partial charge in [0.15, 0.2) is 5.82 Å². The van der Waals surface area contributed by atoms with Gasteiger partial charge in [0.1, 0.15) is 11.6 Å². The maximum atomic E-state index is 5.46. The number of fused-ring (bicyclic) bond motifs is 1. The lowest BCUT2D eigenvalue weighted by Gasteiger charge is -2.28. The van der Waals surface area contributed by atoms with Gasteiger partial charge in [-0.05, 0) is 12.5 Å². The van der Waals surface area contributed by atoms with E-state index in [-0.39, 0.29) is 0 Å². The molecule has 0 amide bonds. The predicted molar refractivity (Wildman–Crippen MR) is 115 cm³/mol. The van der Waals surface area contributed by atoms with Crippen molar-refractivity contribution in [1.82, 2.24) is 15.0 Å². The molecule has 0 spiro atoms. The molecule has 1 aromatic carbocycles. The maximum absolute atomic E-state index is 5.46. The first-order chi connectivity index (χ1) is 14.3. The lowest BCUT2D eigenvalue weighted by molar-refractivity contribution is 0.122. The van der Waals surface area contributed by atoms with Crippen molar-refractivity contribution in [2.24, 2.45) is 5.10 Å². The van der Waals surface area contributed by atoms with Crippen LogP contribution in [-0.2, 0) is 15.9 Å². The van der Waals surface area contributed by atoms with E-state index in [9.17, 15) is 0 Å². The van der Waals surface area contributed by atoms with Crippen LogP contribution in [0.2, 0.25) is 0 Å². The molecule has 0 saturated carbocycles. The minimum Gasteiger partial charge on any atom is -0.385 e. The van der Waals surface area contributed by atoms with Crippen molar-refractivity contribution in [3.8, 4) is 0 Å². The first-order valence-corrected chi connectivity index (χ1v) is 9.88. The topological polar surface area (TPSA) is 87.7 Å². The molecule has 29 heavy (non-hydrogen) atoms. The number of hydrogen-bond acceptors (Lipinski definition) is 7. The van der Waals surface area contributed by atoms with E-state index in [1.807, 2.05) is 30.5 Å². The van der Waals surface area contributed by atoms with Gasteiger partial charge in [0.25, 0.3) is 0 Å². The Balaban J connectivity index is 1.52. The summed E-state index contributed by atoms with van der Waals surface area (Å²) in [5.74, 6) is 2.38. The van der Waals surface area contributed by atoms with Crippen LogP contribution in [0, 0.1) is 0 Å². The number of nitrogens with zero attached hydrogens (tertiary/aromatic N) is 4. The van der Waals surface area contributed by atoms with Crippen molar-refractivity contribution in [3.05, 3.63) is 47.9 Å². The van der Waals surface area contributed by atoms with Crippen LogP contribution in [0.3, 0.4) is 0 Å². The van der Waals surface area contributed by atoms with Crippen LogP contribution in [0.15, 0.2) is 41.6 Å². The zero-order valence-electron chi connectivity index (χ0n) is 16.6. The molecule has 2 aromatic heterocycles. The van der Waals surface area contributed by atoms with Crippen molar-refractivity contribution in [1.29, 1.82) is 0 Å². The summed E-state index contributed by atoms with van der Waals surface area (Å²) in [4.78, 5) is 14.8. The van der Waals surface area contributed by atoms with Gasteiger partial charge in [0.2, 0.25) is 0 Å². The number of H-pyrrole nitrogens is 1. The molecule has 152 valence electrons. The molecular formula is C21H26N6O2. The molecule has 1 aliphatic rings. The molecule has 0 unspecified atom stereocenters. The Morgan fingerprint density at radius 1 is 1.28 bits per heavy atom. The number of rotatable bonds is 8. The van der Waals surface area contributed by atoms with E-state index in [0.29, 0.717) is 25.6 Å². The molecule has 1 aliphatic heterocycles. The average Bonchev–Trinajstić information content (AvgIpc) is 3.18. The van der Waals surface area contributed by atoms with E-state index in [1.165, 1.54) is 0 Å². The highest BCUT2D eigenvalue weighted by molar-refractivity contribution is 5.99. The third-order valence-electron chi connectivity index (χ3n) is 4.85. The van der Waals surface area contributed by atoms with Crippen LogP contribution in [0.25, 0.3) is 10.9 Å². The Morgan fingerprint density at radius 3 is 3.00 bits per heavy atom. The number of hydrazone groups is 1. The number of ether oxygens (including phenoxy) is 2.